The van der Waals surface area contributed by atoms with Gasteiger partial charge in [0.1, 0.15) is 4.88 Å². The van der Waals surface area contributed by atoms with Crippen molar-refractivity contribution in [3.05, 3.63) is 11.1 Å². The summed E-state index contributed by atoms with van der Waals surface area (Å²) in [6.07, 6.45) is 3.71. The van der Waals surface area contributed by atoms with Gasteiger partial charge in [0.05, 0.1) is 18.3 Å². The van der Waals surface area contributed by atoms with Gasteiger partial charge in [0, 0.05) is 18.6 Å². The van der Waals surface area contributed by atoms with Crippen molar-refractivity contribution in [1.29, 1.82) is 0 Å². The van der Waals surface area contributed by atoms with Gasteiger partial charge in [-0.1, -0.05) is 4.49 Å². The third-order valence-corrected chi connectivity index (χ3v) is 4.22. The number of nitrogens with one attached hydrogen (secondary N) is 1. The third kappa shape index (κ3) is 1.84. The van der Waals surface area contributed by atoms with Crippen molar-refractivity contribution in [2.75, 3.05) is 6.61 Å². The number of rotatable bonds is 2. The summed E-state index contributed by atoms with van der Waals surface area (Å²) in [6, 6.07) is -0.0694. The SMILES string of the molecule is NC1C2CCCOC2C1NC(=O)c1cnns1. The second kappa shape index (κ2) is 4.32. The molecule has 6 nitrogen and oxygen atoms in total. The summed E-state index contributed by atoms with van der Waals surface area (Å²) in [5, 5.41) is 6.55. The van der Waals surface area contributed by atoms with E-state index in [-0.39, 0.29) is 24.1 Å². The standard InChI is InChI=1S/C10H14N4O2S/c11-7-5-2-1-3-16-9(5)8(7)13-10(15)6-4-12-14-17-6/h4-5,7-9H,1-3,11H2,(H,13,15). The number of carbonyl (C=O) groups is 1. The van der Waals surface area contributed by atoms with Gasteiger partial charge in [0.15, 0.2) is 0 Å². The number of aromatic nitrogens is 2. The summed E-state index contributed by atoms with van der Waals surface area (Å²) in [6.45, 7) is 0.766. The molecule has 0 aromatic carbocycles. The fourth-order valence-electron chi connectivity index (χ4n) is 2.62. The van der Waals surface area contributed by atoms with Gasteiger partial charge in [-0.05, 0) is 24.4 Å². The summed E-state index contributed by atoms with van der Waals surface area (Å²) in [7, 11) is 0. The predicted molar refractivity (Wildman–Crippen MR) is 61.6 cm³/mol. The van der Waals surface area contributed by atoms with Crippen molar-refractivity contribution in [2.45, 2.75) is 31.0 Å². The first kappa shape index (κ1) is 11.1. The number of amides is 1. The molecule has 4 unspecified atom stereocenters. The highest BCUT2D eigenvalue weighted by Crippen LogP contribution is 2.37. The minimum Gasteiger partial charge on any atom is -0.376 e. The zero-order valence-electron chi connectivity index (χ0n) is 9.20. The van der Waals surface area contributed by atoms with E-state index in [0.717, 1.165) is 31.0 Å². The van der Waals surface area contributed by atoms with Gasteiger partial charge in [-0.25, -0.2) is 0 Å². The van der Waals surface area contributed by atoms with Crippen molar-refractivity contribution >= 4 is 17.4 Å². The summed E-state index contributed by atoms with van der Waals surface area (Å²) in [4.78, 5) is 12.3. The van der Waals surface area contributed by atoms with Crippen LogP contribution in [0.2, 0.25) is 0 Å². The lowest BCUT2D eigenvalue weighted by Crippen LogP contribution is -2.72. The molecule has 0 spiro atoms. The normalized spacial score (nSPS) is 35.8. The van der Waals surface area contributed by atoms with E-state index in [0.29, 0.717) is 10.8 Å². The molecule has 2 fully saturated rings. The van der Waals surface area contributed by atoms with Crippen molar-refractivity contribution in [2.24, 2.45) is 11.7 Å². The van der Waals surface area contributed by atoms with Gasteiger partial charge in [0.2, 0.25) is 0 Å². The van der Waals surface area contributed by atoms with E-state index in [1.807, 2.05) is 0 Å². The monoisotopic (exact) mass is 254 g/mol. The predicted octanol–water partition coefficient (Wildman–Crippen LogP) is -0.227. The first-order chi connectivity index (χ1) is 8.27. The molecule has 3 N–H and O–H groups in total. The number of nitrogens with two attached hydrogens (primary N) is 1. The first-order valence-electron chi connectivity index (χ1n) is 5.73. The highest BCUT2D eigenvalue weighted by molar-refractivity contribution is 7.07. The number of nitrogens with zero attached hydrogens (tertiary/aromatic N) is 2. The molecule has 2 heterocycles. The third-order valence-electron chi connectivity index (χ3n) is 3.56. The van der Waals surface area contributed by atoms with E-state index in [4.69, 9.17) is 10.5 Å². The van der Waals surface area contributed by atoms with Gasteiger partial charge in [-0.3, -0.25) is 4.79 Å². The molecule has 1 aromatic rings. The Balaban J connectivity index is 1.64. The smallest absolute Gasteiger partial charge is 0.265 e. The molecule has 3 rings (SSSR count). The molecule has 1 aliphatic heterocycles. The molecular weight excluding hydrogens is 240 g/mol. The second-order valence-electron chi connectivity index (χ2n) is 4.50. The Hall–Kier alpha value is -1.05. The number of hydrogen-bond donors (Lipinski definition) is 2. The van der Waals surface area contributed by atoms with Crippen LogP contribution in [0.4, 0.5) is 0 Å². The summed E-state index contributed by atoms with van der Waals surface area (Å²) in [5.74, 6) is 0.238. The molecule has 1 aromatic heterocycles. The Labute approximate surface area is 103 Å². The summed E-state index contributed by atoms with van der Waals surface area (Å²) < 4.78 is 9.32. The van der Waals surface area contributed by atoms with Crippen molar-refractivity contribution in [3.63, 3.8) is 0 Å². The summed E-state index contributed by atoms with van der Waals surface area (Å²) in [5.41, 5.74) is 6.06. The maximum Gasteiger partial charge on any atom is 0.265 e. The Kier molecular flexibility index (Phi) is 2.81. The van der Waals surface area contributed by atoms with E-state index in [9.17, 15) is 4.79 Å². The number of fused-ring (bicyclic) bond motifs is 1. The Bertz CT molecular complexity index is 410. The molecule has 0 bridgehead atoms. The molecular formula is C10H14N4O2S. The lowest BCUT2D eigenvalue weighted by molar-refractivity contribution is -0.117. The van der Waals surface area contributed by atoms with Crippen molar-refractivity contribution in [1.82, 2.24) is 14.9 Å². The van der Waals surface area contributed by atoms with E-state index < -0.39 is 0 Å². The average molecular weight is 254 g/mol. The minimum absolute atomic E-state index is 0.00475. The van der Waals surface area contributed by atoms with Crippen LogP contribution in [-0.2, 0) is 4.74 Å². The van der Waals surface area contributed by atoms with E-state index >= 15 is 0 Å². The second-order valence-corrected chi connectivity index (χ2v) is 5.29. The minimum atomic E-state index is -0.159. The Morgan fingerprint density at radius 3 is 3.29 bits per heavy atom. The van der Waals surface area contributed by atoms with Crippen LogP contribution < -0.4 is 11.1 Å². The lowest BCUT2D eigenvalue weighted by Gasteiger charge is -2.52. The highest BCUT2D eigenvalue weighted by atomic mass is 32.1. The van der Waals surface area contributed by atoms with Gasteiger partial charge in [-0.2, -0.15) is 0 Å². The molecule has 92 valence electrons. The van der Waals surface area contributed by atoms with Crippen LogP contribution in [-0.4, -0.2) is 40.3 Å². The molecule has 1 aliphatic carbocycles. The highest BCUT2D eigenvalue weighted by Gasteiger charge is 2.51. The molecule has 1 saturated carbocycles. The van der Waals surface area contributed by atoms with Crippen LogP contribution in [0.5, 0.6) is 0 Å². The van der Waals surface area contributed by atoms with Crippen LogP contribution in [0.15, 0.2) is 6.20 Å². The largest absolute Gasteiger partial charge is 0.376 e. The van der Waals surface area contributed by atoms with E-state index in [1.165, 1.54) is 6.20 Å². The average Bonchev–Trinajstić information content (AvgIpc) is 2.89. The lowest BCUT2D eigenvalue weighted by atomic mass is 9.68. The molecule has 4 atom stereocenters. The number of ether oxygens (including phenoxy) is 1. The Morgan fingerprint density at radius 1 is 1.65 bits per heavy atom. The van der Waals surface area contributed by atoms with E-state index in [2.05, 4.69) is 14.9 Å². The molecule has 2 aliphatic rings. The maximum atomic E-state index is 11.8. The van der Waals surface area contributed by atoms with E-state index in [1.54, 1.807) is 0 Å². The first-order valence-corrected chi connectivity index (χ1v) is 6.50. The zero-order valence-corrected chi connectivity index (χ0v) is 10.0. The van der Waals surface area contributed by atoms with Gasteiger partial charge >= 0.3 is 0 Å². The van der Waals surface area contributed by atoms with Crippen LogP contribution in [0, 0.1) is 5.92 Å². The quantitative estimate of drug-likeness (QED) is 0.761. The molecule has 7 heteroatoms. The van der Waals surface area contributed by atoms with Gasteiger partial charge in [0.25, 0.3) is 5.91 Å². The van der Waals surface area contributed by atoms with Crippen LogP contribution in [0.3, 0.4) is 0 Å². The Morgan fingerprint density at radius 2 is 2.53 bits per heavy atom. The van der Waals surface area contributed by atoms with Crippen LogP contribution in [0.1, 0.15) is 22.5 Å². The van der Waals surface area contributed by atoms with Crippen molar-refractivity contribution < 1.29 is 9.53 Å². The number of carbonyl (C=O) groups excluding carboxylic acids is 1. The van der Waals surface area contributed by atoms with Gasteiger partial charge < -0.3 is 15.8 Å². The van der Waals surface area contributed by atoms with Crippen molar-refractivity contribution in [3.8, 4) is 0 Å². The number of hydrogen-bond acceptors (Lipinski definition) is 6. The molecule has 1 saturated heterocycles. The topological polar surface area (TPSA) is 90.1 Å². The fraction of sp³-hybridized carbons (Fsp3) is 0.700. The molecule has 17 heavy (non-hydrogen) atoms. The summed E-state index contributed by atoms with van der Waals surface area (Å²) >= 11 is 1.08. The fourth-order valence-corrected chi connectivity index (χ4v) is 3.03. The maximum absolute atomic E-state index is 11.8. The van der Waals surface area contributed by atoms with Gasteiger partial charge in [-0.15, -0.1) is 5.10 Å². The molecule has 1 amide bonds. The zero-order chi connectivity index (χ0) is 11.8. The van der Waals surface area contributed by atoms with Crippen LogP contribution in [0.25, 0.3) is 0 Å². The molecule has 0 radical (unpaired) electrons. The van der Waals surface area contributed by atoms with Crippen LogP contribution >= 0.6 is 11.5 Å².